The molecule has 2 rings (SSSR count). The average Bonchev–Trinajstić information content (AvgIpc) is 2.39. The normalized spacial score (nSPS) is 9.88. The predicted molar refractivity (Wildman–Crippen MR) is 67.8 cm³/mol. The van der Waals surface area contributed by atoms with Gasteiger partial charge in [0.1, 0.15) is 5.82 Å². The first-order chi connectivity index (χ1) is 8.34. The number of carbonyl (C=O) groups excluding carboxylic acids is 1. The number of thioether (sulfide) groups is 1. The van der Waals surface area contributed by atoms with Crippen LogP contribution in [0.5, 0.6) is 0 Å². The molecule has 0 bridgehead atoms. The minimum absolute atomic E-state index is 0.0643. The van der Waals surface area contributed by atoms with Crippen molar-refractivity contribution in [2.24, 2.45) is 0 Å². The van der Waals surface area contributed by atoms with Gasteiger partial charge in [-0.1, -0.05) is 6.07 Å². The van der Waals surface area contributed by atoms with Gasteiger partial charge in [-0.15, -0.1) is 11.8 Å². The second-order valence-electron chi connectivity index (χ2n) is 3.23. The molecule has 0 aliphatic rings. The summed E-state index contributed by atoms with van der Waals surface area (Å²) in [7, 11) is 0. The van der Waals surface area contributed by atoms with Crippen molar-refractivity contribution in [1.29, 1.82) is 0 Å². The number of pyridine rings is 2. The van der Waals surface area contributed by atoms with Crippen molar-refractivity contribution in [1.82, 2.24) is 9.97 Å². The van der Waals surface area contributed by atoms with Gasteiger partial charge in [-0.2, -0.15) is 0 Å². The molecule has 0 unspecified atom stereocenters. The highest BCUT2D eigenvalue weighted by Gasteiger charge is 2.03. The Hall–Kier alpha value is -1.88. The molecule has 86 valence electrons. The number of carbonyl (C=O) groups is 1. The van der Waals surface area contributed by atoms with Gasteiger partial charge in [0.25, 0.3) is 0 Å². The van der Waals surface area contributed by atoms with Crippen molar-refractivity contribution in [3.8, 4) is 0 Å². The highest BCUT2D eigenvalue weighted by molar-refractivity contribution is 8.00. The van der Waals surface area contributed by atoms with E-state index in [9.17, 15) is 4.79 Å². The van der Waals surface area contributed by atoms with Crippen molar-refractivity contribution in [2.75, 3.05) is 11.1 Å². The number of rotatable bonds is 4. The Bertz CT molecular complexity index is 476. The molecule has 0 saturated heterocycles. The van der Waals surface area contributed by atoms with Crippen LogP contribution >= 0.6 is 11.8 Å². The minimum Gasteiger partial charge on any atom is -0.310 e. The zero-order chi connectivity index (χ0) is 11.9. The van der Waals surface area contributed by atoms with Crippen molar-refractivity contribution in [3.63, 3.8) is 0 Å². The quantitative estimate of drug-likeness (QED) is 0.839. The molecule has 0 atom stereocenters. The van der Waals surface area contributed by atoms with Crippen LogP contribution in [0.25, 0.3) is 0 Å². The van der Waals surface area contributed by atoms with Crippen molar-refractivity contribution < 1.29 is 4.79 Å². The van der Waals surface area contributed by atoms with Gasteiger partial charge in [0.05, 0.1) is 5.75 Å². The molecule has 5 heteroatoms. The third kappa shape index (κ3) is 3.88. The van der Waals surface area contributed by atoms with Crippen molar-refractivity contribution in [3.05, 3.63) is 48.9 Å². The molecule has 2 aromatic heterocycles. The molecular weight excluding hydrogens is 234 g/mol. The zero-order valence-electron chi connectivity index (χ0n) is 9.04. The maximum Gasteiger partial charge on any atom is 0.235 e. The van der Waals surface area contributed by atoms with Gasteiger partial charge >= 0.3 is 0 Å². The summed E-state index contributed by atoms with van der Waals surface area (Å²) >= 11 is 1.47. The first-order valence-electron chi connectivity index (χ1n) is 5.08. The van der Waals surface area contributed by atoms with Crippen molar-refractivity contribution in [2.45, 2.75) is 4.90 Å². The van der Waals surface area contributed by atoms with E-state index in [-0.39, 0.29) is 5.91 Å². The molecule has 1 N–H and O–H groups in total. The number of aromatic nitrogens is 2. The monoisotopic (exact) mass is 245 g/mol. The smallest absolute Gasteiger partial charge is 0.235 e. The Kier molecular flexibility index (Phi) is 4.10. The summed E-state index contributed by atoms with van der Waals surface area (Å²) in [6.45, 7) is 0. The van der Waals surface area contributed by atoms with Gasteiger partial charge in [0.15, 0.2) is 0 Å². The van der Waals surface area contributed by atoms with Crippen molar-refractivity contribution >= 4 is 23.5 Å². The molecule has 2 aromatic rings. The highest BCUT2D eigenvalue weighted by Crippen LogP contribution is 2.16. The van der Waals surface area contributed by atoms with E-state index >= 15 is 0 Å². The number of hydrogen-bond donors (Lipinski definition) is 1. The molecule has 0 aromatic carbocycles. The fraction of sp³-hybridized carbons (Fsp3) is 0.0833. The summed E-state index contributed by atoms with van der Waals surface area (Å²) in [6, 6.07) is 9.15. The summed E-state index contributed by atoms with van der Waals surface area (Å²) in [5, 5.41) is 2.73. The molecule has 0 saturated carbocycles. The maximum atomic E-state index is 11.6. The predicted octanol–water partition coefficient (Wildman–Crippen LogP) is 2.21. The fourth-order valence-electron chi connectivity index (χ4n) is 1.20. The van der Waals surface area contributed by atoms with Gasteiger partial charge in [-0.25, -0.2) is 4.98 Å². The lowest BCUT2D eigenvalue weighted by atomic mass is 10.4. The summed E-state index contributed by atoms with van der Waals surface area (Å²) < 4.78 is 0. The van der Waals surface area contributed by atoms with Crippen LogP contribution in [0.15, 0.2) is 53.8 Å². The number of nitrogens with zero attached hydrogens (tertiary/aromatic N) is 2. The second-order valence-corrected chi connectivity index (χ2v) is 4.28. The van der Waals surface area contributed by atoms with E-state index in [1.807, 2.05) is 18.2 Å². The third-order valence-corrected chi connectivity index (χ3v) is 2.96. The molecule has 0 radical (unpaired) electrons. The Morgan fingerprint density at radius 3 is 2.71 bits per heavy atom. The fourth-order valence-corrected chi connectivity index (χ4v) is 1.88. The summed E-state index contributed by atoms with van der Waals surface area (Å²) in [4.78, 5) is 20.6. The molecule has 1 amide bonds. The maximum absolute atomic E-state index is 11.6. The van der Waals surface area contributed by atoms with Crippen LogP contribution in [0.3, 0.4) is 0 Å². The molecule has 0 spiro atoms. The van der Waals surface area contributed by atoms with E-state index in [1.165, 1.54) is 11.8 Å². The minimum atomic E-state index is -0.0643. The Morgan fingerprint density at radius 1 is 1.18 bits per heavy atom. The first-order valence-corrected chi connectivity index (χ1v) is 6.07. The molecule has 0 fully saturated rings. The Balaban J connectivity index is 1.83. The zero-order valence-corrected chi connectivity index (χ0v) is 9.85. The lowest BCUT2D eigenvalue weighted by Crippen LogP contribution is -2.14. The average molecular weight is 245 g/mol. The lowest BCUT2D eigenvalue weighted by molar-refractivity contribution is -0.113. The van der Waals surface area contributed by atoms with Gasteiger partial charge in [0.2, 0.25) is 5.91 Å². The van der Waals surface area contributed by atoms with Crippen LogP contribution in [0.4, 0.5) is 5.82 Å². The number of nitrogens with one attached hydrogen (secondary N) is 1. The van der Waals surface area contributed by atoms with E-state index in [1.54, 1.807) is 30.7 Å². The number of hydrogen-bond acceptors (Lipinski definition) is 4. The van der Waals surface area contributed by atoms with E-state index in [0.717, 1.165) is 4.90 Å². The SMILES string of the molecule is O=C(CSc1ccncc1)Nc1ccccn1. The van der Waals surface area contributed by atoms with E-state index < -0.39 is 0 Å². The lowest BCUT2D eigenvalue weighted by Gasteiger charge is -2.03. The first kappa shape index (κ1) is 11.6. The summed E-state index contributed by atoms with van der Waals surface area (Å²) in [5.41, 5.74) is 0. The van der Waals surface area contributed by atoms with Crippen LogP contribution in [-0.2, 0) is 4.79 Å². The Labute approximate surface area is 103 Å². The highest BCUT2D eigenvalue weighted by atomic mass is 32.2. The van der Waals surface area contributed by atoms with Gasteiger partial charge in [0, 0.05) is 23.5 Å². The standard InChI is InChI=1S/C12H11N3OS/c16-12(15-11-3-1-2-6-14-11)9-17-10-4-7-13-8-5-10/h1-8H,9H2,(H,14,15,16). The number of amides is 1. The second kappa shape index (κ2) is 6.00. The van der Waals surface area contributed by atoms with Crippen LogP contribution < -0.4 is 5.32 Å². The molecule has 4 nitrogen and oxygen atoms in total. The molecule has 0 aliphatic carbocycles. The van der Waals surface area contributed by atoms with E-state index in [2.05, 4.69) is 15.3 Å². The topological polar surface area (TPSA) is 54.9 Å². The van der Waals surface area contributed by atoms with Crippen LogP contribution in [0.1, 0.15) is 0 Å². The molecule has 17 heavy (non-hydrogen) atoms. The van der Waals surface area contributed by atoms with E-state index in [4.69, 9.17) is 0 Å². The van der Waals surface area contributed by atoms with Gasteiger partial charge < -0.3 is 5.32 Å². The molecule has 0 aliphatic heterocycles. The van der Waals surface area contributed by atoms with Crippen LogP contribution in [0, 0.1) is 0 Å². The molecular formula is C12H11N3OS. The van der Waals surface area contributed by atoms with Crippen LogP contribution in [0.2, 0.25) is 0 Å². The third-order valence-electron chi connectivity index (χ3n) is 1.95. The number of anilines is 1. The van der Waals surface area contributed by atoms with Crippen LogP contribution in [-0.4, -0.2) is 21.6 Å². The summed E-state index contributed by atoms with van der Waals surface area (Å²) in [6.07, 6.45) is 5.06. The van der Waals surface area contributed by atoms with Gasteiger partial charge in [-0.05, 0) is 24.3 Å². The molecule has 2 heterocycles. The largest absolute Gasteiger partial charge is 0.310 e. The van der Waals surface area contributed by atoms with Gasteiger partial charge in [-0.3, -0.25) is 9.78 Å². The van der Waals surface area contributed by atoms with E-state index in [0.29, 0.717) is 11.6 Å². The Morgan fingerprint density at radius 2 is 2.00 bits per heavy atom. The summed E-state index contributed by atoms with van der Waals surface area (Å²) in [5.74, 6) is 0.874.